The molecule has 2 aromatic rings. The minimum absolute atomic E-state index is 0.259. The maximum atomic E-state index is 12.1. The average Bonchev–Trinajstić information content (AvgIpc) is 2.73. The summed E-state index contributed by atoms with van der Waals surface area (Å²) in [5, 5.41) is 14.6. The van der Waals surface area contributed by atoms with Gasteiger partial charge in [0.2, 0.25) is 0 Å². The molecule has 2 heterocycles. The lowest BCUT2D eigenvalue weighted by molar-refractivity contribution is 0.0940. The fraction of sp³-hybridized carbons (Fsp3) is 0.333. The van der Waals surface area contributed by atoms with Crippen LogP contribution in [0.2, 0.25) is 0 Å². The molecule has 0 bridgehead atoms. The summed E-state index contributed by atoms with van der Waals surface area (Å²) in [7, 11) is 0. The van der Waals surface area contributed by atoms with Gasteiger partial charge in [0.1, 0.15) is 5.69 Å². The van der Waals surface area contributed by atoms with Crippen LogP contribution >= 0.6 is 0 Å². The number of nitrogen functional groups attached to an aromatic ring is 1. The first-order valence-corrected chi connectivity index (χ1v) is 6.01. The van der Waals surface area contributed by atoms with Crippen molar-refractivity contribution in [1.29, 1.82) is 0 Å². The summed E-state index contributed by atoms with van der Waals surface area (Å²) in [4.78, 5) is 12.1. The predicted octanol–water partition coefficient (Wildman–Crippen LogP) is 0.514. The molecule has 0 fully saturated rings. The van der Waals surface area contributed by atoms with Crippen LogP contribution in [0, 0.1) is 6.92 Å². The van der Waals surface area contributed by atoms with Crippen molar-refractivity contribution in [2.45, 2.75) is 26.9 Å². The fourth-order valence-corrected chi connectivity index (χ4v) is 1.75. The number of carbonyl (C=O) groups is 1. The van der Waals surface area contributed by atoms with Crippen LogP contribution in [0.25, 0.3) is 0 Å². The van der Waals surface area contributed by atoms with Gasteiger partial charge in [-0.05, 0) is 26.0 Å². The summed E-state index contributed by atoms with van der Waals surface area (Å²) in [6.07, 6.45) is 1.58. The van der Waals surface area contributed by atoms with Crippen LogP contribution in [-0.4, -0.2) is 25.9 Å². The van der Waals surface area contributed by atoms with Crippen LogP contribution in [0.5, 0.6) is 0 Å². The fourth-order valence-electron chi connectivity index (χ4n) is 1.75. The number of carbonyl (C=O) groups excluding carboxylic acids is 1. The Balaban J connectivity index is 2.12. The molecule has 0 radical (unpaired) electrons. The van der Waals surface area contributed by atoms with E-state index in [0.29, 0.717) is 35.9 Å². The second-order valence-electron chi connectivity index (χ2n) is 4.06. The summed E-state index contributed by atoms with van der Waals surface area (Å²) in [5.41, 5.74) is 8.03. The first kappa shape index (κ1) is 13.0. The van der Waals surface area contributed by atoms with Crippen molar-refractivity contribution in [3.8, 4) is 0 Å². The molecule has 0 aromatic carbocycles. The van der Waals surface area contributed by atoms with Gasteiger partial charge in [-0.15, -0.1) is 0 Å². The van der Waals surface area contributed by atoms with Gasteiger partial charge in [-0.3, -0.25) is 9.48 Å². The van der Waals surface area contributed by atoms with E-state index in [1.54, 1.807) is 29.9 Å². The molecule has 19 heavy (non-hydrogen) atoms. The van der Waals surface area contributed by atoms with E-state index in [0.717, 1.165) is 0 Å². The highest BCUT2D eigenvalue weighted by Gasteiger charge is 2.18. The molecule has 0 aliphatic heterocycles. The molecule has 0 atom stereocenters. The predicted molar refractivity (Wildman–Crippen MR) is 70.3 cm³/mol. The van der Waals surface area contributed by atoms with Gasteiger partial charge < -0.3 is 11.1 Å². The largest absolute Gasteiger partial charge is 0.395 e. The van der Waals surface area contributed by atoms with E-state index in [1.807, 2.05) is 6.92 Å². The smallest absolute Gasteiger partial charge is 0.272 e. The molecule has 1 amide bonds. The number of hydrogen-bond donors (Lipinski definition) is 2. The lowest BCUT2D eigenvalue weighted by atomic mass is 10.3. The molecule has 0 aliphatic carbocycles. The Morgan fingerprint density at radius 2 is 2.32 bits per heavy atom. The molecule has 0 saturated carbocycles. The Kier molecular flexibility index (Phi) is 3.74. The van der Waals surface area contributed by atoms with Crippen molar-refractivity contribution in [2.75, 3.05) is 5.73 Å². The number of anilines is 1. The average molecular weight is 260 g/mol. The maximum absolute atomic E-state index is 12.1. The SMILES string of the molecule is CCn1nc(C)c(N)c1C(=O)NCc1cccnn1. The van der Waals surface area contributed by atoms with Crippen molar-refractivity contribution in [3.05, 3.63) is 35.4 Å². The zero-order chi connectivity index (χ0) is 13.8. The third-order valence-corrected chi connectivity index (χ3v) is 2.75. The van der Waals surface area contributed by atoms with Crippen molar-refractivity contribution in [2.24, 2.45) is 0 Å². The Labute approximate surface area is 110 Å². The van der Waals surface area contributed by atoms with E-state index in [-0.39, 0.29) is 5.91 Å². The number of aromatic nitrogens is 4. The Hall–Kier alpha value is -2.44. The minimum Gasteiger partial charge on any atom is -0.395 e. The lowest BCUT2D eigenvalue weighted by Gasteiger charge is -2.06. The molecule has 7 nitrogen and oxygen atoms in total. The molecule has 0 unspecified atom stereocenters. The summed E-state index contributed by atoms with van der Waals surface area (Å²) in [6, 6.07) is 3.56. The Morgan fingerprint density at radius 1 is 1.53 bits per heavy atom. The van der Waals surface area contributed by atoms with Crippen LogP contribution in [0.3, 0.4) is 0 Å². The van der Waals surface area contributed by atoms with Crippen molar-refractivity contribution >= 4 is 11.6 Å². The van der Waals surface area contributed by atoms with Gasteiger partial charge in [0.05, 0.1) is 23.6 Å². The normalized spacial score (nSPS) is 10.4. The second kappa shape index (κ2) is 5.47. The van der Waals surface area contributed by atoms with Gasteiger partial charge >= 0.3 is 0 Å². The van der Waals surface area contributed by atoms with E-state index in [4.69, 9.17) is 5.73 Å². The zero-order valence-corrected chi connectivity index (χ0v) is 10.9. The molecule has 0 aliphatic rings. The molecule has 2 rings (SSSR count). The number of aryl methyl sites for hydroxylation is 2. The monoisotopic (exact) mass is 260 g/mol. The minimum atomic E-state index is -0.259. The topological polar surface area (TPSA) is 98.7 Å². The number of nitrogens with zero attached hydrogens (tertiary/aromatic N) is 4. The molecule has 0 spiro atoms. The van der Waals surface area contributed by atoms with Crippen LogP contribution in [0.4, 0.5) is 5.69 Å². The van der Waals surface area contributed by atoms with Crippen LogP contribution < -0.4 is 11.1 Å². The van der Waals surface area contributed by atoms with E-state index in [2.05, 4.69) is 20.6 Å². The zero-order valence-electron chi connectivity index (χ0n) is 10.9. The molecular weight excluding hydrogens is 244 g/mol. The summed E-state index contributed by atoms with van der Waals surface area (Å²) in [6.45, 7) is 4.58. The molecular formula is C12H16N6O. The van der Waals surface area contributed by atoms with Crippen LogP contribution in [0.15, 0.2) is 18.3 Å². The number of nitrogens with one attached hydrogen (secondary N) is 1. The first-order chi connectivity index (χ1) is 9.13. The molecule has 3 N–H and O–H groups in total. The highest BCUT2D eigenvalue weighted by Crippen LogP contribution is 2.16. The lowest BCUT2D eigenvalue weighted by Crippen LogP contribution is -2.27. The van der Waals surface area contributed by atoms with E-state index in [1.165, 1.54) is 0 Å². The number of amides is 1. The maximum Gasteiger partial charge on any atom is 0.272 e. The van der Waals surface area contributed by atoms with Gasteiger partial charge in [-0.2, -0.15) is 15.3 Å². The molecule has 100 valence electrons. The highest BCUT2D eigenvalue weighted by molar-refractivity contribution is 5.97. The van der Waals surface area contributed by atoms with Crippen LogP contribution in [0.1, 0.15) is 28.8 Å². The third-order valence-electron chi connectivity index (χ3n) is 2.75. The van der Waals surface area contributed by atoms with Crippen molar-refractivity contribution in [1.82, 2.24) is 25.3 Å². The standard InChI is InChI=1S/C12H16N6O/c1-3-18-11(10(13)8(2)17-18)12(19)14-7-9-5-4-6-15-16-9/h4-6H,3,7,13H2,1-2H3,(H,14,19). The van der Waals surface area contributed by atoms with Gasteiger partial charge in [0.15, 0.2) is 0 Å². The molecule has 0 saturated heterocycles. The quantitative estimate of drug-likeness (QED) is 0.834. The van der Waals surface area contributed by atoms with Gasteiger partial charge in [0, 0.05) is 12.7 Å². The van der Waals surface area contributed by atoms with Crippen LogP contribution in [-0.2, 0) is 13.1 Å². The number of hydrogen-bond acceptors (Lipinski definition) is 5. The van der Waals surface area contributed by atoms with Crippen molar-refractivity contribution < 1.29 is 4.79 Å². The molecule has 7 heteroatoms. The summed E-state index contributed by atoms with van der Waals surface area (Å²) >= 11 is 0. The summed E-state index contributed by atoms with van der Waals surface area (Å²) < 4.78 is 1.59. The van der Waals surface area contributed by atoms with Crippen molar-refractivity contribution in [3.63, 3.8) is 0 Å². The Bertz CT molecular complexity index is 577. The third kappa shape index (κ3) is 2.70. The second-order valence-corrected chi connectivity index (χ2v) is 4.06. The highest BCUT2D eigenvalue weighted by atomic mass is 16.2. The number of nitrogens with two attached hydrogens (primary N) is 1. The van der Waals surface area contributed by atoms with E-state index in [9.17, 15) is 4.79 Å². The van der Waals surface area contributed by atoms with E-state index < -0.39 is 0 Å². The van der Waals surface area contributed by atoms with Gasteiger partial charge in [-0.25, -0.2) is 0 Å². The number of rotatable bonds is 4. The van der Waals surface area contributed by atoms with Gasteiger partial charge in [-0.1, -0.05) is 0 Å². The van der Waals surface area contributed by atoms with Gasteiger partial charge in [0.25, 0.3) is 5.91 Å². The Morgan fingerprint density at radius 3 is 2.95 bits per heavy atom. The van der Waals surface area contributed by atoms with E-state index >= 15 is 0 Å². The first-order valence-electron chi connectivity index (χ1n) is 6.01. The molecule has 2 aromatic heterocycles. The summed E-state index contributed by atoms with van der Waals surface area (Å²) in [5.74, 6) is -0.259.